The third-order valence-corrected chi connectivity index (χ3v) is 10.9. The van der Waals surface area contributed by atoms with Crippen LogP contribution in [0.15, 0.2) is 92.8 Å². The maximum absolute atomic E-state index is 12.8. The first kappa shape index (κ1) is 32.8. The fourth-order valence-corrected chi connectivity index (χ4v) is 8.96. The molecule has 0 fully saturated rings. The minimum atomic E-state index is -5.17. The molecule has 0 saturated heterocycles. The molecule has 6 aromatic carbocycles. The quantitative estimate of drug-likeness (QED) is 0.0672. The normalized spacial score (nSPS) is 13.1. The number of nitrogens with one attached hydrogen (secondary N) is 2. The minimum Gasteiger partial charge on any atom is -0.505 e. The highest BCUT2D eigenvalue weighted by molar-refractivity contribution is 7.86. The van der Waals surface area contributed by atoms with E-state index in [1.165, 1.54) is 60.7 Å². The summed E-state index contributed by atoms with van der Waals surface area (Å²) < 4.78 is 86.1. The van der Waals surface area contributed by atoms with Gasteiger partial charge in [-0.05, 0) is 46.2 Å². The highest BCUT2D eigenvalue weighted by atomic mass is 35.5. The topological polar surface area (TPSA) is 222 Å². The van der Waals surface area contributed by atoms with Gasteiger partial charge in [-0.1, -0.05) is 94.9 Å². The van der Waals surface area contributed by atoms with E-state index in [0.29, 0.717) is 0 Å². The van der Waals surface area contributed by atoms with Gasteiger partial charge in [-0.15, -0.1) is 0 Å². The summed E-state index contributed by atoms with van der Waals surface area (Å²) in [4.78, 5) is -1.82. The molecule has 0 spiro atoms. The van der Waals surface area contributed by atoms with Crippen LogP contribution in [0.1, 0.15) is 0 Å². The van der Waals surface area contributed by atoms with Crippen molar-refractivity contribution in [3.05, 3.63) is 92.9 Å². The maximum Gasteiger partial charge on any atom is 0.297 e. The SMILES string of the molecule is [H]/N=N/c1c(S(=O)(=O)O)c(-c2c(Cl)cc(-c3cc(Cl)c(-c4c(S(=O)(=O)O)c(/N=N/[H])c(O)c5ccccc45)c(Cl)c3)cc2Cl)c2ccccc2c1O. The number of phenolic OH excluding ortho intramolecular Hbond substituents is 2. The first-order valence-electron chi connectivity index (χ1n) is 14.6. The van der Waals surface area contributed by atoms with Gasteiger partial charge >= 0.3 is 0 Å². The lowest BCUT2D eigenvalue weighted by molar-refractivity contribution is 0.472. The number of halogens is 4. The lowest BCUT2D eigenvalue weighted by Crippen LogP contribution is -2.04. The predicted octanol–water partition coefficient (Wildman–Crippen LogP) is 10.8. The molecule has 6 N–H and O–H groups in total. The molecule has 50 heavy (non-hydrogen) atoms. The van der Waals surface area contributed by atoms with Gasteiger partial charge in [-0.3, -0.25) is 9.11 Å². The fourth-order valence-electron chi connectivity index (χ4n) is 5.91. The average Bonchev–Trinajstić information content (AvgIpc) is 3.06. The monoisotopic (exact) mass is 790 g/mol. The summed E-state index contributed by atoms with van der Waals surface area (Å²) in [6.45, 7) is 0. The Morgan fingerprint density at radius 1 is 0.540 bits per heavy atom. The molecule has 0 aliphatic carbocycles. The van der Waals surface area contributed by atoms with Crippen LogP contribution in [-0.2, 0) is 20.2 Å². The van der Waals surface area contributed by atoms with Crippen LogP contribution in [0.25, 0.3) is 54.9 Å². The molecular formula is C32H18Cl4N4O8S2. The number of rotatable bonds is 7. The summed E-state index contributed by atoms with van der Waals surface area (Å²) in [5.41, 5.74) is 4.09. The number of hydrogen-bond acceptors (Lipinski definition) is 10. The Kier molecular flexibility index (Phi) is 8.36. The number of nitrogens with zero attached hydrogens (tertiary/aromatic N) is 2. The summed E-state index contributed by atoms with van der Waals surface area (Å²) in [5.74, 6) is -1.35. The molecule has 0 amide bonds. The smallest absolute Gasteiger partial charge is 0.297 e. The maximum atomic E-state index is 12.8. The van der Waals surface area contributed by atoms with Crippen molar-refractivity contribution in [2.45, 2.75) is 9.79 Å². The fraction of sp³-hybridized carbons (Fsp3) is 0. The number of phenols is 2. The van der Waals surface area contributed by atoms with Gasteiger partial charge < -0.3 is 10.2 Å². The van der Waals surface area contributed by atoms with Crippen molar-refractivity contribution < 1.29 is 39.0 Å². The van der Waals surface area contributed by atoms with Gasteiger partial charge in [0.1, 0.15) is 21.2 Å². The molecule has 18 heteroatoms. The van der Waals surface area contributed by atoms with Gasteiger partial charge in [-0.25, -0.2) is 11.0 Å². The second kappa shape index (κ2) is 12.7. The van der Waals surface area contributed by atoms with E-state index in [1.54, 1.807) is 12.1 Å². The molecule has 0 atom stereocenters. The molecule has 0 radical (unpaired) electrons. The first-order chi connectivity index (χ1) is 24.5. The molecule has 0 heterocycles. The van der Waals surface area contributed by atoms with Gasteiger partial charge in [0.25, 0.3) is 20.2 Å². The van der Waals surface area contributed by atoms with Crippen molar-refractivity contribution >= 4 is 99.6 Å². The van der Waals surface area contributed by atoms with Crippen LogP contribution in [0.3, 0.4) is 0 Å². The van der Waals surface area contributed by atoms with Crippen LogP contribution < -0.4 is 0 Å². The molecule has 12 nitrogen and oxygen atoms in total. The molecule has 254 valence electrons. The molecule has 0 saturated carbocycles. The number of aromatic hydroxyl groups is 2. The van der Waals surface area contributed by atoms with Gasteiger partial charge in [0.05, 0.1) is 20.1 Å². The standard InChI is InChI=1S/C32H18Cl4N4O8S2/c33-19-9-13(10-20(34)25(19)23-15-5-1-3-7-17(15)29(41)27(39-37)31(23)49(43,44)45)14-11-21(35)26(22(36)12-14)24-16-6-2-4-8-18(16)30(42)28(40-38)32(24)50(46,47)48/h1-12,37-38,41-42H,(H,43,44,45)(H,46,47,48)/b39-37+,40-38+. The Bertz CT molecular complexity index is 2570. The lowest BCUT2D eigenvalue weighted by atomic mass is 9.93. The van der Waals surface area contributed by atoms with E-state index >= 15 is 0 Å². The molecule has 0 unspecified atom stereocenters. The van der Waals surface area contributed by atoms with Crippen molar-refractivity contribution in [3.8, 4) is 44.9 Å². The van der Waals surface area contributed by atoms with Gasteiger partial charge in [0.15, 0.2) is 11.5 Å². The highest BCUT2D eigenvalue weighted by Gasteiger charge is 2.32. The second-order valence-corrected chi connectivity index (χ2v) is 15.0. The van der Waals surface area contributed by atoms with E-state index in [9.17, 15) is 36.2 Å². The lowest BCUT2D eigenvalue weighted by Gasteiger charge is -2.19. The van der Waals surface area contributed by atoms with Crippen LogP contribution in [0.2, 0.25) is 22.9 Å². The van der Waals surface area contributed by atoms with Gasteiger partial charge in [0.2, 0.25) is 2.82 Å². The highest BCUT2D eigenvalue weighted by Crippen LogP contribution is 2.53. The Morgan fingerprint density at radius 2 is 0.840 bits per heavy atom. The van der Waals surface area contributed by atoms with Crippen molar-refractivity contribution in [3.63, 3.8) is 0 Å². The molecule has 6 rings (SSSR count). The average molecular weight is 792 g/mol. The van der Waals surface area contributed by atoms with Gasteiger partial charge in [-0.2, -0.15) is 27.1 Å². The van der Waals surface area contributed by atoms with E-state index in [2.05, 4.69) is 21.3 Å². The molecule has 0 aromatic heterocycles. The summed E-state index contributed by atoms with van der Waals surface area (Å²) in [6, 6.07) is 17.4. The van der Waals surface area contributed by atoms with E-state index in [0.717, 1.165) is 0 Å². The zero-order chi connectivity index (χ0) is 37.9. The molecular weight excluding hydrogens is 774 g/mol. The van der Waals surface area contributed by atoms with E-state index in [4.69, 9.17) is 49.2 Å². The number of fused-ring (bicyclic) bond motifs is 2. The summed E-state index contributed by atoms with van der Waals surface area (Å²) in [6.07, 6.45) is 0. The van der Waals surface area contributed by atoms with Crippen LogP contribution >= 0.6 is 46.4 Å². The summed E-state index contributed by atoms with van der Waals surface area (Å²) in [5, 5.41) is 28.4. The molecule has 0 aliphatic heterocycles. The second-order valence-electron chi connectivity index (χ2n) is 10.7. The largest absolute Gasteiger partial charge is 0.505 e. The van der Waals surface area contributed by atoms with E-state index < -0.39 is 52.9 Å². The van der Waals surface area contributed by atoms with E-state index in [1.807, 2.05) is 0 Å². The minimum absolute atomic E-state index is 0.0797. The molecule has 6 aromatic rings. The third-order valence-electron chi connectivity index (χ3n) is 7.87. The van der Waals surface area contributed by atoms with Crippen LogP contribution in [-0.4, -0.2) is 36.2 Å². The number of hydrogen-bond donors (Lipinski definition) is 6. The zero-order valence-corrected chi connectivity index (χ0v) is 29.1. The number of benzene rings is 6. The van der Waals surface area contributed by atoms with Gasteiger partial charge in [0, 0.05) is 33.0 Å². The van der Waals surface area contributed by atoms with Crippen molar-refractivity contribution in [1.29, 1.82) is 11.0 Å². The Hall–Kier alpha value is -4.38. The first-order valence-corrected chi connectivity index (χ1v) is 18.1. The van der Waals surface area contributed by atoms with E-state index in [-0.39, 0.29) is 75.0 Å². The predicted molar refractivity (Wildman–Crippen MR) is 190 cm³/mol. The third kappa shape index (κ3) is 5.73. The molecule has 0 aliphatic rings. The van der Waals surface area contributed by atoms with Crippen LogP contribution in [0.4, 0.5) is 11.4 Å². The van der Waals surface area contributed by atoms with Crippen molar-refractivity contribution in [1.82, 2.24) is 0 Å². The Morgan fingerprint density at radius 3 is 1.12 bits per heavy atom. The van der Waals surface area contributed by atoms with Crippen LogP contribution in [0, 0.1) is 11.0 Å². The Labute approximate surface area is 305 Å². The Balaban J connectivity index is 1.63. The summed E-state index contributed by atoms with van der Waals surface area (Å²) >= 11 is 27.1. The van der Waals surface area contributed by atoms with Crippen molar-refractivity contribution in [2.24, 2.45) is 10.2 Å². The molecule has 0 bridgehead atoms. The van der Waals surface area contributed by atoms with Crippen molar-refractivity contribution in [2.75, 3.05) is 0 Å². The van der Waals surface area contributed by atoms with Crippen LogP contribution in [0.5, 0.6) is 11.5 Å². The zero-order valence-electron chi connectivity index (χ0n) is 26.5. The summed E-state index contributed by atoms with van der Waals surface area (Å²) in [7, 11) is -10.3.